The summed E-state index contributed by atoms with van der Waals surface area (Å²) in [4.78, 5) is 0. The molecule has 8 aromatic carbocycles. The van der Waals surface area contributed by atoms with Gasteiger partial charge in [0.1, 0.15) is 0 Å². The molecule has 200 valence electrons. The lowest BCUT2D eigenvalue weighted by atomic mass is 9.89. The Morgan fingerprint density at radius 2 is 0.837 bits per heavy atom. The lowest BCUT2D eigenvalue weighted by Gasteiger charge is -2.15. The highest BCUT2D eigenvalue weighted by Crippen LogP contribution is 2.41. The van der Waals surface area contributed by atoms with Crippen molar-refractivity contribution >= 4 is 54.1 Å². The van der Waals surface area contributed by atoms with E-state index in [4.69, 9.17) is 0 Å². The Kier molecular flexibility index (Phi) is 5.27. The molecule has 1 heteroatoms. The van der Waals surface area contributed by atoms with Crippen molar-refractivity contribution in [2.24, 2.45) is 0 Å². The van der Waals surface area contributed by atoms with Crippen LogP contribution in [0.4, 0.5) is 0 Å². The van der Waals surface area contributed by atoms with Crippen LogP contribution in [0.1, 0.15) is 0 Å². The van der Waals surface area contributed by atoms with E-state index >= 15 is 0 Å². The quantitative estimate of drug-likeness (QED) is 0.195. The molecule has 0 aliphatic heterocycles. The van der Waals surface area contributed by atoms with Crippen molar-refractivity contribution in [3.63, 3.8) is 0 Å². The Hall–Kier alpha value is -5.66. The van der Waals surface area contributed by atoms with Crippen molar-refractivity contribution in [3.8, 4) is 27.9 Å². The summed E-state index contributed by atoms with van der Waals surface area (Å²) in [6.45, 7) is 0. The third-order valence-electron chi connectivity index (χ3n) is 8.96. The Morgan fingerprint density at radius 3 is 1.60 bits per heavy atom. The molecule has 43 heavy (non-hydrogen) atoms. The van der Waals surface area contributed by atoms with Gasteiger partial charge >= 0.3 is 0 Å². The highest BCUT2D eigenvalue weighted by molar-refractivity contribution is 6.28. The van der Waals surface area contributed by atoms with Crippen LogP contribution in [0, 0.1) is 0 Å². The van der Waals surface area contributed by atoms with Gasteiger partial charge in [-0.15, -0.1) is 0 Å². The van der Waals surface area contributed by atoms with Gasteiger partial charge in [0.05, 0.1) is 11.0 Å². The zero-order valence-electron chi connectivity index (χ0n) is 23.5. The van der Waals surface area contributed by atoms with Crippen molar-refractivity contribution in [1.29, 1.82) is 0 Å². The number of fused-ring (bicyclic) bond motifs is 9. The van der Waals surface area contributed by atoms with Crippen molar-refractivity contribution in [1.82, 2.24) is 4.57 Å². The van der Waals surface area contributed by atoms with Gasteiger partial charge < -0.3 is 4.57 Å². The minimum absolute atomic E-state index is 1.18. The zero-order chi connectivity index (χ0) is 28.3. The topological polar surface area (TPSA) is 4.93 Å². The zero-order valence-corrected chi connectivity index (χ0v) is 23.5. The second-order valence-electron chi connectivity index (χ2n) is 11.3. The molecule has 1 nitrogen and oxygen atoms in total. The largest absolute Gasteiger partial charge is 0.309 e. The molecule has 0 spiro atoms. The van der Waals surface area contributed by atoms with Gasteiger partial charge in [-0.25, -0.2) is 0 Å². The fraction of sp³-hybridized carbons (Fsp3) is 0. The number of nitrogens with zero attached hydrogens (tertiary/aromatic N) is 1. The summed E-state index contributed by atoms with van der Waals surface area (Å²) < 4.78 is 2.37. The molecule has 0 aliphatic rings. The number of benzene rings is 8. The van der Waals surface area contributed by atoms with Crippen LogP contribution < -0.4 is 0 Å². The SMILES string of the molecule is c1ccc(-n2c3ccccc3c3cc(-c4cccc(-c5cccc6c7ccccc7c7ccccc7c56)c4)ccc32)cc1. The lowest BCUT2D eigenvalue weighted by Crippen LogP contribution is -1.92. The predicted molar refractivity (Wildman–Crippen MR) is 184 cm³/mol. The van der Waals surface area contributed by atoms with E-state index in [9.17, 15) is 0 Å². The maximum absolute atomic E-state index is 2.37. The summed E-state index contributed by atoms with van der Waals surface area (Å²) in [5.74, 6) is 0. The van der Waals surface area contributed by atoms with Crippen LogP contribution in [0.5, 0.6) is 0 Å². The lowest BCUT2D eigenvalue weighted by molar-refractivity contribution is 1.18. The van der Waals surface area contributed by atoms with Crippen LogP contribution in [0.15, 0.2) is 164 Å². The molecule has 0 radical (unpaired) electrons. The maximum Gasteiger partial charge on any atom is 0.0541 e. The molecule has 0 N–H and O–H groups in total. The molecule has 0 amide bonds. The first-order valence-electron chi connectivity index (χ1n) is 14.9. The van der Waals surface area contributed by atoms with Crippen molar-refractivity contribution < 1.29 is 0 Å². The van der Waals surface area contributed by atoms with Crippen LogP contribution in [-0.2, 0) is 0 Å². The van der Waals surface area contributed by atoms with E-state index < -0.39 is 0 Å². The van der Waals surface area contributed by atoms with Gasteiger partial charge in [-0.3, -0.25) is 0 Å². The summed E-state index contributed by atoms with van der Waals surface area (Å²) in [6, 6.07) is 59.7. The van der Waals surface area contributed by atoms with E-state index in [2.05, 4.69) is 168 Å². The normalized spacial score (nSPS) is 11.7. The number of hydrogen-bond donors (Lipinski definition) is 0. The molecule has 0 unspecified atom stereocenters. The molecule has 9 aromatic rings. The van der Waals surface area contributed by atoms with E-state index in [-0.39, 0.29) is 0 Å². The van der Waals surface area contributed by atoms with Gasteiger partial charge in [0.2, 0.25) is 0 Å². The second-order valence-corrected chi connectivity index (χ2v) is 11.3. The van der Waals surface area contributed by atoms with Crippen molar-refractivity contribution in [2.75, 3.05) is 0 Å². The Bertz CT molecular complexity index is 2450. The van der Waals surface area contributed by atoms with Gasteiger partial charge in [0.25, 0.3) is 0 Å². The molecular weight excluding hydrogens is 518 g/mol. The van der Waals surface area contributed by atoms with E-state index in [1.165, 1.54) is 82.1 Å². The van der Waals surface area contributed by atoms with Gasteiger partial charge in [-0.2, -0.15) is 0 Å². The molecule has 0 aliphatic carbocycles. The number of para-hydroxylation sites is 2. The number of hydrogen-bond acceptors (Lipinski definition) is 0. The Labute approximate surface area is 249 Å². The van der Waals surface area contributed by atoms with Crippen LogP contribution >= 0.6 is 0 Å². The van der Waals surface area contributed by atoms with Crippen molar-refractivity contribution in [2.45, 2.75) is 0 Å². The minimum atomic E-state index is 1.18. The van der Waals surface area contributed by atoms with Crippen LogP contribution in [-0.4, -0.2) is 4.57 Å². The van der Waals surface area contributed by atoms with Gasteiger partial charge in [-0.05, 0) is 91.0 Å². The van der Waals surface area contributed by atoms with Crippen molar-refractivity contribution in [3.05, 3.63) is 164 Å². The highest BCUT2D eigenvalue weighted by Gasteiger charge is 2.15. The first-order chi connectivity index (χ1) is 21.3. The summed E-state index contributed by atoms with van der Waals surface area (Å²) in [7, 11) is 0. The van der Waals surface area contributed by atoms with E-state index in [0.29, 0.717) is 0 Å². The van der Waals surface area contributed by atoms with Crippen LogP contribution in [0.25, 0.3) is 82.1 Å². The van der Waals surface area contributed by atoms with E-state index in [1.807, 2.05) is 0 Å². The maximum atomic E-state index is 2.37. The van der Waals surface area contributed by atoms with Gasteiger partial charge in [0.15, 0.2) is 0 Å². The van der Waals surface area contributed by atoms with Gasteiger partial charge in [0, 0.05) is 16.5 Å². The third kappa shape index (κ3) is 3.65. The molecular formula is C42H27N. The summed E-state index contributed by atoms with van der Waals surface area (Å²) in [5.41, 5.74) is 8.57. The van der Waals surface area contributed by atoms with Crippen LogP contribution in [0.3, 0.4) is 0 Å². The molecule has 9 rings (SSSR count). The van der Waals surface area contributed by atoms with Crippen LogP contribution in [0.2, 0.25) is 0 Å². The molecule has 0 fully saturated rings. The monoisotopic (exact) mass is 545 g/mol. The highest BCUT2D eigenvalue weighted by atomic mass is 15.0. The standard InChI is InChI=1S/C42H27N/c1-2-14-31(15-3-1)43-40-23-9-8-19-36(40)39-27-29(24-25-41(39)43)28-12-10-13-30(26-28)32-21-11-22-38-35-17-5-4-16-33(35)34-18-6-7-20-37(34)42(32)38/h1-27H. The molecule has 1 aromatic heterocycles. The summed E-state index contributed by atoms with van der Waals surface area (Å²) in [5, 5.41) is 10.4. The number of aromatic nitrogens is 1. The molecule has 0 bridgehead atoms. The second kappa shape index (κ2) is 9.44. The van der Waals surface area contributed by atoms with E-state index in [1.54, 1.807) is 0 Å². The Morgan fingerprint density at radius 1 is 0.302 bits per heavy atom. The smallest absolute Gasteiger partial charge is 0.0541 e. The third-order valence-corrected chi connectivity index (χ3v) is 8.96. The van der Waals surface area contributed by atoms with Gasteiger partial charge in [-0.1, -0.05) is 127 Å². The number of rotatable bonds is 3. The first-order valence-corrected chi connectivity index (χ1v) is 14.9. The molecule has 1 heterocycles. The fourth-order valence-corrected chi connectivity index (χ4v) is 7.07. The summed E-state index contributed by atoms with van der Waals surface area (Å²) >= 11 is 0. The molecule has 0 saturated carbocycles. The first kappa shape index (κ1) is 24.0. The molecule has 0 atom stereocenters. The predicted octanol–water partition coefficient (Wildman–Crippen LogP) is 11.6. The average molecular weight is 546 g/mol. The minimum Gasteiger partial charge on any atom is -0.309 e. The molecule has 0 saturated heterocycles. The fourth-order valence-electron chi connectivity index (χ4n) is 7.07. The average Bonchev–Trinajstić information content (AvgIpc) is 3.42. The summed E-state index contributed by atoms with van der Waals surface area (Å²) in [6.07, 6.45) is 0. The Balaban J connectivity index is 1.26. The van der Waals surface area contributed by atoms with E-state index in [0.717, 1.165) is 0 Å².